The summed E-state index contributed by atoms with van der Waals surface area (Å²) in [5.74, 6) is 0.918. The van der Waals surface area contributed by atoms with Crippen LogP contribution < -0.4 is 4.74 Å². The third-order valence-electron chi connectivity index (χ3n) is 3.79. The van der Waals surface area contributed by atoms with E-state index in [9.17, 15) is 4.79 Å². The Morgan fingerprint density at radius 1 is 1.16 bits per heavy atom. The summed E-state index contributed by atoms with van der Waals surface area (Å²) in [5, 5.41) is 0. The number of ketones is 1. The molecule has 1 aliphatic carbocycles. The molecule has 1 aliphatic rings. The first-order valence-electron chi connectivity index (χ1n) is 6.57. The number of ether oxygens (including phenoxy) is 1. The third-order valence-corrected chi connectivity index (χ3v) is 3.79. The fraction of sp³-hybridized carbons (Fsp3) is 0.235. The molecule has 0 saturated heterocycles. The Labute approximate surface area is 113 Å². The molecule has 0 unspecified atom stereocenters. The zero-order chi connectivity index (χ0) is 13.4. The van der Waals surface area contributed by atoms with Crippen molar-refractivity contribution in [1.82, 2.24) is 0 Å². The molecule has 19 heavy (non-hydrogen) atoms. The van der Waals surface area contributed by atoms with Crippen molar-refractivity contribution in [1.29, 1.82) is 0 Å². The molecule has 96 valence electrons. The largest absolute Gasteiger partial charge is 0.496 e. The Balaban J connectivity index is 2.17. The molecule has 0 amide bonds. The van der Waals surface area contributed by atoms with Gasteiger partial charge in [-0.25, -0.2) is 0 Å². The van der Waals surface area contributed by atoms with Crippen LogP contribution in [0.4, 0.5) is 0 Å². The smallest absolute Gasteiger partial charge is 0.193 e. The topological polar surface area (TPSA) is 26.3 Å². The average molecular weight is 252 g/mol. The van der Waals surface area contributed by atoms with Gasteiger partial charge < -0.3 is 4.74 Å². The zero-order valence-corrected chi connectivity index (χ0v) is 11.2. The van der Waals surface area contributed by atoms with Crippen molar-refractivity contribution in [3.63, 3.8) is 0 Å². The van der Waals surface area contributed by atoms with E-state index < -0.39 is 0 Å². The third kappa shape index (κ3) is 1.84. The van der Waals surface area contributed by atoms with Crippen molar-refractivity contribution >= 4 is 5.78 Å². The molecule has 0 radical (unpaired) electrons. The summed E-state index contributed by atoms with van der Waals surface area (Å²) in [7, 11) is 1.65. The number of carbonyl (C=O) groups is 1. The number of rotatable bonds is 2. The van der Waals surface area contributed by atoms with Crippen molar-refractivity contribution in [3.8, 4) is 5.75 Å². The first-order chi connectivity index (χ1) is 9.24. The van der Waals surface area contributed by atoms with Crippen LogP contribution in [-0.4, -0.2) is 12.9 Å². The van der Waals surface area contributed by atoms with Gasteiger partial charge in [-0.2, -0.15) is 0 Å². The second-order valence-electron chi connectivity index (χ2n) is 4.84. The van der Waals surface area contributed by atoms with Crippen LogP contribution in [0.2, 0.25) is 0 Å². The number of hydrogen-bond acceptors (Lipinski definition) is 2. The number of benzene rings is 2. The highest BCUT2D eigenvalue weighted by Gasteiger charge is 2.25. The summed E-state index contributed by atoms with van der Waals surface area (Å²) in [6, 6.07) is 11.9. The van der Waals surface area contributed by atoms with Gasteiger partial charge >= 0.3 is 0 Å². The van der Waals surface area contributed by atoms with Crippen LogP contribution in [0.3, 0.4) is 0 Å². The first-order valence-corrected chi connectivity index (χ1v) is 6.57. The molecule has 0 aromatic heterocycles. The van der Waals surface area contributed by atoms with E-state index >= 15 is 0 Å². The fourth-order valence-electron chi connectivity index (χ4n) is 2.70. The Kier molecular flexibility index (Phi) is 2.86. The number of hydrogen-bond donors (Lipinski definition) is 0. The van der Waals surface area contributed by atoms with Crippen molar-refractivity contribution in [2.45, 2.75) is 19.8 Å². The Bertz CT molecular complexity index is 652. The van der Waals surface area contributed by atoms with Gasteiger partial charge in [0.05, 0.1) is 7.11 Å². The normalized spacial score (nSPS) is 12.8. The van der Waals surface area contributed by atoms with E-state index in [1.807, 2.05) is 24.3 Å². The summed E-state index contributed by atoms with van der Waals surface area (Å²) >= 11 is 0. The van der Waals surface area contributed by atoms with Gasteiger partial charge in [0.25, 0.3) is 0 Å². The van der Waals surface area contributed by atoms with E-state index in [0.717, 1.165) is 40.8 Å². The van der Waals surface area contributed by atoms with Crippen LogP contribution in [-0.2, 0) is 12.8 Å². The molecular weight excluding hydrogens is 236 g/mol. The lowest BCUT2D eigenvalue weighted by Gasteiger charge is -2.21. The van der Waals surface area contributed by atoms with Crippen molar-refractivity contribution < 1.29 is 9.53 Å². The van der Waals surface area contributed by atoms with Gasteiger partial charge in [-0.15, -0.1) is 0 Å². The van der Waals surface area contributed by atoms with Gasteiger partial charge in [0.1, 0.15) is 5.75 Å². The predicted molar refractivity (Wildman–Crippen MR) is 75.1 cm³/mol. The number of aryl methyl sites for hydroxylation is 1. The summed E-state index contributed by atoms with van der Waals surface area (Å²) in [6.45, 7) is 2.10. The molecule has 0 heterocycles. The number of carbonyl (C=O) groups excluding carboxylic acids is 1. The molecule has 0 bridgehead atoms. The summed E-state index contributed by atoms with van der Waals surface area (Å²) < 4.78 is 5.37. The van der Waals surface area contributed by atoms with Crippen LogP contribution in [0.15, 0.2) is 36.4 Å². The molecule has 2 heteroatoms. The first kappa shape index (κ1) is 12.0. The van der Waals surface area contributed by atoms with Gasteiger partial charge in [-0.05, 0) is 29.7 Å². The molecule has 0 aliphatic heterocycles. The molecule has 2 aromatic rings. The lowest BCUT2D eigenvalue weighted by Crippen LogP contribution is -2.16. The molecule has 2 nitrogen and oxygen atoms in total. The molecule has 0 spiro atoms. The maximum atomic E-state index is 12.6. The predicted octanol–water partition coefficient (Wildman–Crippen LogP) is 3.39. The Morgan fingerprint density at radius 3 is 2.74 bits per heavy atom. The Hall–Kier alpha value is -2.09. The average Bonchev–Trinajstić information content (AvgIpc) is 2.46. The van der Waals surface area contributed by atoms with Crippen LogP contribution in [0.1, 0.15) is 39.5 Å². The van der Waals surface area contributed by atoms with E-state index in [0.29, 0.717) is 0 Å². The Morgan fingerprint density at radius 2 is 2.00 bits per heavy atom. The van der Waals surface area contributed by atoms with Crippen molar-refractivity contribution in [2.75, 3.05) is 7.11 Å². The highest BCUT2D eigenvalue weighted by molar-refractivity contribution is 6.12. The van der Waals surface area contributed by atoms with Gasteiger partial charge in [0, 0.05) is 23.1 Å². The van der Waals surface area contributed by atoms with E-state index in [2.05, 4.69) is 19.1 Å². The lowest BCUT2D eigenvalue weighted by molar-refractivity contribution is 0.103. The van der Waals surface area contributed by atoms with Crippen LogP contribution in [0.25, 0.3) is 0 Å². The van der Waals surface area contributed by atoms with Crippen LogP contribution in [0.5, 0.6) is 5.75 Å². The quantitative estimate of drug-likeness (QED) is 0.698. The minimum Gasteiger partial charge on any atom is -0.496 e. The molecule has 0 atom stereocenters. The highest BCUT2D eigenvalue weighted by atomic mass is 16.5. The summed E-state index contributed by atoms with van der Waals surface area (Å²) in [6.07, 6.45) is 1.72. The minimum atomic E-state index is 0.116. The van der Waals surface area contributed by atoms with E-state index in [1.165, 1.54) is 5.56 Å². The maximum Gasteiger partial charge on any atom is 0.193 e. The summed E-state index contributed by atoms with van der Waals surface area (Å²) in [5.41, 5.74) is 4.93. The van der Waals surface area contributed by atoms with Gasteiger partial charge in [0.15, 0.2) is 5.78 Å². The maximum absolute atomic E-state index is 12.6. The molecule has 0 saturated carbocycles. The SMILES string of the molecule is CCc1ccc2c(c1)C(=O)c1cccc(OC)c1C2. The number of fused-ring (bicyclic) bond motifs is 2. The number of methoxy groups -OCH3 is 1. The zero-order valence-electron chi connectivity index (χ0n) is 11.2. The van der Waals surface area contributed by atoms with Gasteiger partial charge in [0.2, 0.25) is 0 Å². The summed E-state index contributed by atoms with van der Waals surface area (Å²) in [4.78, 5) is 12.6. The molecule has 3 rings (SSSR count). The lowest BCUT2D eigenvalue weighted by atomic mass is 9.83. The monoisotopic (exact) mass is 252 g/mol. The van der Waals surface area contributed by atoms with Crippen molar-refractivity contribution in [3.05, 3.63) is 64.2 Å². The van der Waals surface area contributed by atoms with Crippen LogP contribution >= 0.6 is 0 Å². The van der Waals surface area contributed by atoms with Crippen LogP contribution in [0, 0.1) is 0 Å². The van der Waals surface area contributed by atoms with Crippen molar-refractivity contribution in [2.24, 2.45) is 0 Å². The molecular formula is C17H16O2. The standard InChI is InChI=1S/C17H16O2/c1-3-11-7-8-12-10-15-13(17(18)14(12)9-11)5-4-6-16(15)19-2/h4-9H,3,10H2,1-2H3. The van der Waals surface area contributed by atoms with E-state index in [1.54, 1.807) is 7.11 Å². The molecule has 0 N–H and O–H groups in total. The van der Waals surface area contributed by atoms with E-state index in [-0.39, 0.29) is 5.78 Å². The molecule has 0 fully saturated rings. The van der Waals surface area contributed by atoms with Gasteiger partial charge in [-0.3, -0.25) is 4.79 Å². The minimum absolute atomic E-state index is 0.116. The highest BCUT2D eigenvalue weighted by Crippen LogP contribution is 2.33. The second kappa shape index (κ2) is 4.54. The molecule has 2 aromatic carbocycles. The fourth-order valence-corrected chi connectivity index (χ4v) is 2.70. The van der Waals surface area contributed by atoms with E-state index in [4.69, 9.17) is 4.74 Å². The van der Waals surface area contributed by atoms with Gasteiger partial charge in [-0.1, -0.05) is 31.2 Å². The second-order valence-corrected chi connectivity index (χ2v) is 4.84.